The second kappa shape index (κ2) is 6.70. The third kappa shape index (κ3) is 3.71. The van der Waals surface area contributed by atoms with Crippen molar-refractivity contribution in [2.75, 3.05) is 7.05 Å². The minimum atomic E-state index is -3.55. The van der Waals surface area contributed by atoms with Crippen LogP contribution in [0.4, 0.5) is 0 Å². The van der Waals surface area contributed by atoms with Crippen molar-refractivity contribution in [3.05, 3.63) is 64.1 Å². The molecular weight excluding hydrogens is 352 g/mol. The molecule has 0 aliphatic rings. The number of nitrogens with zero attached hydrogens (tertiary/aromatic N) is 1. The fourth-order valence-electron chi connectivity index (χ4n) is 2.02. The van der Waals surface area contributed by atoms with Gasteiger partial charge in [-0.15, -0.1) is 0 Å². The molecular formula is C15H17BrN2O2S. The summed E-state index contributed by atoms with van der Waals surface area (Å²) in [7, 11) is -1.97. The van der Waals surface area contributed by atoms with E-state index in [9.17, 15) is 8.42 Å². The van der Waals surface area contributed by atoms with Crippen LogP contribution in [0.25, 0.3) is 0 Å². The summed E-state index contributed by atoms with van der Waals surface area (Å²) >= 11 is 3.36. The number of nitrogens with two attached hydrogens (primary N) is 1. The summed E-state index contributed by atoms with van der Waals surface area (Å²) in [5.74, 6) is 0. The summed E-state index contributed by atoms with van der Waals surface area (Å²) < 4.78 is 27.6. The maximum atomic E-state index is 12.6. The summed E-state index contributed by atoms with van der Waals surface area (Å²) in [4.78, 5) is 0.270. The molecule has 6 heteroatoms. The zero-order chi connectivity index (χ0) is 15.5. The summed E-state index contributed by atoms with van der Waals surface area (Å²) in [5.41, 5.74) is 7.18. The first-order valence-corrected chi connectivity index (χ1v) is 8.67. The topological polar surface area (TPSA) is 63.4 Å². The van der Waals surface area contributed by atoms with Crippen molar-refractivity contribution in [2.45, 2.75) is 18.0 Å². The third-order valence-corrected chi connectivity index (χ3v) is 5.63. The highest BCUT2D eigenvalue weighted by Gasteiger charge is 2.23. The number of benzene rings is 2. The largest absolute Gasteiger partial charge is 0.326 e. The van der Waals surface area contributed by atoms with E-state index >= 15 is 0 Å². The number of sulfonamides is 1. The molecule has 0 aliphatic carbocycles. The zero-order valence-corrected chi connectivity index (χ0v) is 14.1. The Morgan fingerprint density at radius 2 is 1.71 bits per heavy atom. The van der Waals surface area contributed by atoms with Crippen LogP contribution in [0.1, 0.15) is 11.1 Å². The lowest BCUT2D eigenvalue weighted by molar-refractivity contribution is 0.466. The molecule has 0 amide bonds. The van der Waals surface area contributed by atoms with E-state index in [1.807, 2.05) is 24.3 Å². The molecule has 2 N–H and O–H groups in total. The number of hydrogen-bond donors (Lipinski definition) is 1. The van der Waals surface area contributed by atoms with Crippen LogP contribution in [-0.4, -0.2) is 19.8 Å². The minimum Gasteiger partial charge on any atom is -0.326 e. The van der Waals surface area contributed by atoms with E-state index in [1.165, 1.54) is 4.31 Å². The zero-order valence-electron chi connectivity index (χ0n) is 11.7. The first-order chi connectivity index (χ1) is 9.95. The van der Waals surface area contributed by atoms with E-state index in [0.717, 1.165) is 10.0 Å². The predicted octanol–water partition coefficient (Wildman–Crippen LogP) is 2.73. The third-order valence-electron chi connectivity index (χ3n) is 3.20. The van der Waals surface area contributed by atoms with Gasteiger partial charge in [-0.1, -0.05) is 46.3 Å². The molecule has 21 heavy (non-hydrogen) atoms. The predicted molar refractivity (Wildman–Crippen MR) is 87.1 cm³/mol. The molecule has 0 spiro atoms. The standard InChI is InChI=1S/C15H17BrN2O2S/c1-18(11-12-6-8-14(16)9-7-12)21(19,20)15-5-3-2-4-13(15)10-17/h2-9H,10-11,17H2,1H3. The maximum Gasteiger partial charge on any atom is 0.243 e. The van der Waals surface area contributed by atoms with Gasteiger partial charge in [-0.05, 0) is 29.3 Å². The summed E-state index contributed by atoms with van der Waals surface area (Å²) in [6.45, 7) is 0.510. The Labute approximate surface area is 133 Å². The van der Waals surface area contributed by atoms with Gasteiger partial charge in [0.25, 0.3) is 0 Å². The SMILES string of the molecule is CN(Cc1ccc(Br)cc1)S(=O)(=O)c1ccccc1CN. The Bertz CT molecular complexity index is 715. The molecule has 0 fully saturated rings. The minimum absolute atomic E-state index is 0.196. The molecule has 0 unspecified atom stereocenters. The van der Waals surface area contributed by atoms with Gasteiger partial charge in [-0.2, -0.15) is 4.31 Å². The van der Waals surface area contributed by atoms with Gasteiger partial charge in [0.1, 0.15) is 0 Å². The second-order valence-corrected chi connectivity index (χ2v) is 7.63. The van der Waals surface area contributed by atoms with E-state index in [-0.39, 0.29) is 11.4 Å². The first-order valence-electron chi connectivity index (χ1n) is 6.44. The van der Waals surface area contributed by atoms with Crippen LogP contribution in [0.3, 0.4) is 0 Å². The highest BCUT2D eigenvalue weighted by Crippen LogP contribution is 2.21. The quantitative estimate of drug-likeness (QED) is 0.882. The van der Waals surface area contributed by atoms with Gasteiger partial charge in [0.2, 0.25) is 10.0 Å². The van der Waals surface area contributed by atoms with Crippen molar-refractivity contribution in [3.8, 4) is 0 Å². The molecule has 0 heterocycles. The Kier molecular flexibility index (Phi) is 5.16. The van der Waals surface area contributed by atoms with Crippen LogP contribution in [0.5, 0.6) is 0 Å². The Morgan fingerprint density at radius 1 is 1.10 bits per heavy atom. The fourth-order valence-corrected chi connectivity index (χ4v) is 3.68. The Morgan fingerprint density at radius 3 is 2.33 bits per heavy atom. The van der Waals surface area contributed by atoms with E-state index < -0.39 is 10.0 Å². The molecule has 0 bridgehead atoms. The van der Waals surface area contributed by atoms with Crippen molar-refractivity contribution in [1.29, 1.82) is 0 Å². The van der Waals surface area contributed by atoms with Crippen LogP contribution >= 0.6 is 15.9 Å². The van der Waals surface area contributed by atoms with Crippen molar-refractivity contribution in [2.24, 2.45) is 5.73 Å². The Hall–Kier alpha value is -1.21. The molecule has 112 valence electrons. The highest BCUT2D eigenvalue weighted by atomic mass is 79.9. The van der Waals surface area contributed by atoms with Crippen LogP contribution in [0, 0.1) is 0 Å². The van der Waals surface area contributed by atoms with Crippen LogP contribution in [0.2, 0.25) is 0 Å². The number of rotatable bonds is 5. The van der Waals surface area contributed by atoms with Crippen molar-refractivity contribution < 1.29 is 8.42 Å². The van der Waals surface area contributed by atoms with Gasteiger partial charge >= 0.3 is 0 Å². The van der Waals surface area contributed by atoms with Crippen LogP contribution in [-0.2, 0) is 23.1 Å². The molecule has 4 nitrogen and oxygen atoms in total. The lowest BCUT2D eigenvalue weighted by Crippen LogP contribution is -2.27. The lowest BCUT2D eigenvalue weighted by Gasteiger charge is -2.19. The van der Waals surface area contributed by atoms with Gasteiger partial charge in [-0.3, -0.25) is 0 Å². The van der Waals surface area contributed by atoms with Gasteiger partial charge in [0.15, 0.2) is 0 Å². The summed E-state index contributed by atoms with van der Waals surface area (Å²) in [6, 6.07) is 14.4. The average molecular weight is 369 g/mol. The molecule has 2 rings (SSSR count). The van der Waals surface area contributed by atoms with Gasteiger partial charge in [0.05, 0.1) is 4.90 Å². The normalized spacial score (nSPS) is 11.8. The molecule has 0 saturated carbocycles. The molecule has 2 aromatic carbocycles. The maximum absolute atomic E-state index is 12.6. The molecule has 0 aromatic heterocycles. The lowest BCUT2D eigenvalue weighted by atomic mass is 10.2. The van der Waals surface area contributed by atoms with Crippen molar-refractivity contribution >= 4 is 26.0 Å². The van der Waals surface area contributed by atoms with Crippen LogP contribution in [0.15, 0.2) is 57.9 Å². The van der Waals surface area contributed by atoms with Gasteiger partial charge < -0.3 is 5.73 Å². The number of halogens is 1. The molecule has 0 saturated heterocycles. The van der Waals surface area contributed by atoms with E-state index in [0.29, 0.717) is 12.1 Å². The number of hydrogen-bond acceptors (Lipinski definition) is 3. The second-order valence-electron chi connectivity index (χ2n) is 4.70. The molecule has 0 radical (unpaired) electrons. The first kappa shape index (κ1) is 16.2. The van der Waals surface area contributed by atoms with Crippen molar-refractivity contribution in [3.63, 3.8) is 0 Å². The van der Waals surface area contributed by atoms with Crippen molar-refractivity contribution in [1.82, 2.24) is 4.31 Å². The summed E-state index contributed by atoms with van der Waals surface area (Å²) in [6.07, 6.45) is 0. The van der Waals surface area contributed by atoms with Crippen LogP contribution < -0.4 is 5.73 Å². The van der Waals surface area contributed by atoms with E-state index in [2.05, 4.69) is 15.9 Å². The van der Waals surface area contributed by atoms with Gasteiger partial charge in [-0.25, -0.2) is 8.42 Å². The monoisotopic (exact) mass is 368 g/mol. The molecule has 2 aromatic rings. The molecule has 0 atom stereocenters. The fraction of sp³-hybridized carbons (Fsp3) is 0.200. The smallest absolute Gasteiger partial charge is 0.243 e. The van der Waals surface area contributed by atoms with E-state index in [1.54, 1.807) is 31.3 Å². The Balaban J connectivity index is 2.28. The van der Waals surface area contributed by atoms with Gasteiger partial charge in [0, 0.05) is 24.6 Å². The summed E-state index contributed by atoms with van der Waals surface area (Å²) in [5, 5.41) is 0. The molecule has 0 aliphatic heterocycles. The highest BCUT2D eigenvalue weighted by molar-refractivity contribution is 9.10. The average Bonchev–Trinajstić information content (AvgIpc) is 2.49. The van der Waals surface area contributed by atoms with E-state index in [4.69, 9.17) is 5.73 Å².